The lowest BCUT2D eigenvalue weighted by Crippen LogP contribution is -2.31. The minimum Gasteiger partial charge on any atom is -0.396 e. The summed E-state index contributed by atoms with van der Waals surface area (Å²) in [6, 6.07) is 7.91. The van der Waals surface area contributed by atoms with Crippen LogP contribution in [-0.2, 0) is 11.4 Å². The smallest absolute Gasteiger partial charge is 0.114 e. The van der Waals surface area contributed by atoms with Crippen molar-refractivity contribution in [2.45, 2.75) is 32.2 Å². The third-order valence-corrected chi connectivity index (χ3v) is 5.11. The van der Waals surface area contributed by atoms with E-state index < -0.39 is 0 Å². The van der Waals surface area contributed by atoms with Gasteiger partial charge in [-0.1, -0.05) is 30.6 Å². The zero-order valence-electron chi connectivity index (χ0n) is 13.7. The molecule has 2 rings (SSSR count). The lowest BCUT2D eigenvalue weighted by Gasteiger charge is -2.26. The van der Waals surface area contributed by atoms with E-state index in [0.29, 0.717) is 13.2 Å². The first kappa shape index (κ1) is 17.9. The molecule has 0 saturated carbocycles. The fraction of sp³-hybridized carbons (Fsp3) is 0.412. The minimum atomic E-state index is -0.107. The van der Waals surface area contributed by atoms with Crippen LogP contribution in [0.2, 0.25) is 5.02 Å². The molecule has 0 aliphatic carbocycles. The van der Waals surface area contributed by atoms with Gasteiger partial charge in [0.25, 0.3) is 0 Å². The van der Waals surface area contributed by atoms with Crippen molar-refractivity contribution in [2.75, 3.05) is 12.4 Å². The topological polar surface area (TPSA) is 39.4 Å². The molecule has 0 aliphatic heterocycles. The third-order valence-electron chi connectivity index (χ3n) is 3.39. The zero-order chi connectivity index (χ0) is 16.7. The van der Waals surface area contributed by atoms with Crippen molar-refractivity contribution in [3.8, 4) is 0 Å². The molecule has 4 nitrogen and oxygen atoms in total. The van der Waals surface area contributed by atoms with E-state index in [2.05, 4.69) is 24.0 Å². The molecule has 1 heterocycles. The highest BCUT2D eigenvalue weighted by atomic mass is 35.5. The number of halogens is 1. The van der Waals surface area contributed by atoms with Crippen LogP contribution in [-0.4, -0.2) is 27.6 Å². The van der Waals surface area contributed by atoms with Gasteiger partial charge in [-0.3, -0.25) is 0 Å². The number of hydrogen-bond acceptors (Lipinski definition) is 4. The summed E-state index contributed by atoms with van der Waals surface area (Å²) in [6.45, 7) is 7.55. The molecule has 0 bridgehead atoms. The molecule has 0 spiro atoms. The summed E-state index contributed by atoms with van der Waals surface area (Å²) in [6.07, 6.45) is 5.50. The molecule has 124 valence electrons. The lowest BCUT2D eigenvalue weighted by molar-refractivity contribution is 0.154. The van der Waals surface area contributed by atoms with Crippen molar-refractivity contribution in [2.24, 2.45) is 10.6 Å². The summed E-state index contributed by atoms with van der Waals surface area (Å²) in [5.74, 6) is 0.898. The van der Waals surface area contributed by atoms with E-state index >= 15 is 0 Å². The average molecular weight is 352 g/mol. The van der Waals surface area contributed by atoms with Crippen molar-refractivity contribution in [3.63, 3.8) is 0 Å². The standard InChI is InChI=1S/C17H22ClN3OS/c1-4-22-20-16(11-21-10-9-19-13-21)17(2,3)12-23-15-7-5-14(18)6-8-15/h5-10,13H,4,11-12H2,1-3H3. The van der Waals surface area contributed by atoms with Gasteiger partial charge in [0, 0.05) is 33.5 Å². The molecule has 0 N–H and O–H groups in total. The van der Waals surface area contributed by atoms with Gasteiger partial charge < -0.3 is 9.40 Å². The van der Waals surface area contributed by atoms with Gasteiger partial charge in [0.15, 0.2) is 0 Å². The highest BCUT2D eigenvalue weighted by molar-refractivity contribution is 7.99. The second-order valence-corrected chi connectivity index (χ2v) is 7.30. The monoisotopic (exact) mass is 351 g/mol. The van der Waals surface area contributed by atoms with E-state index in [0.717, 1.165) is 16.5 Å². The Labute approximate surface area is 146 Å². The minimum absolute atomic E-state index is 0.107. The number of oxime groups is 1. The summed E-state index contributed by atoms with van der Waals surface area (Å²) in [5.41, 5.74) is 0.892. The summed E-state index contributed by atoms with van der Waals surface area (Å²) < 4.78 is 2.01. The fourth-order valence-corrected chi connectivity index (χ4v) is 3.09. The Morgan fingerprint density at radius 2 is 2.09 bits per heavy atom. The second kappa shape index (κ2) is 8.41. The van der Waals surface area contributed by atoms with E-state index in [9.17, 15) is 0 Å². The van der Waals surface area contributed by atoms with Crippen molar-refractivity contribution >= 4 is 29.1 Å². The van der Waals surface area contributed by atoms with Crippen LogP contribution in [0.1, 0.15) is 20.8 Å². The Hall–Kier alpha value is -1.46. The van der Waals surface area contributed by atoms with Gasteiger partial charge in [0.05, 0.1) is 18.6 Å². The van der Waals surface area contributed by atoms with Gasteiger partial charge in [-0.25, -0.2) is 4.98 Å². The number of aromatic nitrogens is 2. The predicted molar refractivity (Wildman–Crippen MR) is 97.2 cm³/mol. The molecule has 0 radical (unpaired) electrons. The van der Waals surface area contributed by atoms with Crippen molar-refractivity contribution in [1.82, 2.24) is 9.55 Å². The van der Waals surface area contributed by atoms with Gasteiger partial charge in [-0.2, -0.15) is 0 Å². The average Bonchev–Trinajstić information content (AvgIpc) is 3.04. The maximum Gasteiger partial charge on any atom is 0.114 e. The zero-order valence-corrected chi connectivity index (χ0v) is 15.3. The number of hydrogen-bond donors (Lipinski definition) is 0. The van der Waals surface area contributed by atoms with Crippen LogP contribution in [0, 0.1) is 5.41 Å². The van der Waals surface area contributed by atoms with Crippen molar-refractivity contribution < 1.29 is 4.84 Å². The van der Waals surface area contributed by atoms with E-state index in [4.69, 9.17) is 16.4 Å². The maximum atomic E-state index is 5.94. The predicted octanol–water partition coefficient (Wildman–Crippen LogP) is 4.75. The van der Waals surface area contributed by atoms with Crippen LogP contribution < -0.4 is 0 Å². The molecule has 0 atom stereocenters. The molecule has 0 unspecified atom stereocenters. The van der Waals surface area contributed by atoms with Crippen LogP contribution in [0.3, 0.4) is 0 Å². The van der Waals surface area contributed by atoms with E-state index in [1.165, 1.54) is 4.90 Å². The normalized spacial score (nSPS) is 12.4. The summed E-state index contributed by atoms with van der Waals surface area (Å²) in [4.78, 5) is 10.6. The number of benzene rings is 1. The molecule has 0 fully saturated rings. The van der Waals surface area contributed by atoms with Crippen molar-refractivity contribution in [3.05, 3.63) is 48.0 Å². The molecule has 0 amide bonds. The molecule has 2 aromatic rings. The molecule has 1 aromatic carbocycles. The second-order valence-electron chi connectivity index (χ2n) is 5.82. The van der Waals surface area contributed by atoms with E-state index in [1.807, 2.05) is 42.0 Å². The summed E-state index contributed by atoms with van der Waals surface area (Å²) in [5, 5.41) is 5.11. The van der Waals surface area contributed by atoms with Gasteiger partial charge in [0.1, 0.15) is 6.61 Å². The van der Waals surface area contributed by atoms with Gasteiger partial charge in [0.2, 0.25) is 0 Å². The van der Waals surface area contributed by atoms with Gasteiger partial charge in [-0.15, -0.1) is 11.8 Å². The first-order chi connectivity index (χ1) is 11.0. The van der Waals surface area contributed by atoms with Crippen molar-refractivity contribution in [1.29, 1.82) is 0 Å². The van der Waals surface area contributed by atoms with Crippen LogP contribution in [0.4, 0.5) is 0 Å². The molecule has 1 aromatic heterocycles. The number of nitrogens with zero attached hydrogens (tertiary/aromatic N) is 3. The van der Waals surface area contributed by atoms with E-state index in [1.54, 1.807) is 24.3 Å². The molecular formula is C17H22ClN3OS. The Kier molecular flexibility index (Phi) is 6.54. The summed E-state index contributed by atoms with van der Waals surface area (Å²) in [7, 11) is 0. The first-order valence-corrected chi connectivity index (χ1v) is 8.91. The lowest BCUT2D eigenvalue weighted by atomic mass is 9.89. The molecular weight excluding hydrogens is 330 g/mol. The number of thioether (sulfide) groups is 1. The molecule has 23 heavy (non-hydrogen) atoms. The number of rotatable bonds is 8. The SMILES string of the molecule is CCON=C(Cn1ccnc1)C(C)(C)CSc1ccc(Cl)cc1. The first-order valence-electron chi connectivity index (χ1n) is 7.54. The van der Waals surface area contributed by atoms with Crippen LogP contribution in [0.15, 0.2) is 53.0 Å². The van der Waals surface area contributed by atoms with Crippen LogP contribution >= 0.6 is 23.4 Å². The van der Waals surface area contributed by atoms with Gasteiger partial charge >= 0.3 is 0 Å². The Balaban J connectivity index is 2.06. The van der Waals surface area contributed by atoms with Crippen LogP contribution in [0.25, 0.3) is 0 Å². The van der Waals surface area contributed by atoms with Gasteiger partial charge in [-0.05, 0) is 31.2 Å². The molecule has 0 aliphatic rings. The highest BCUT2D eigenvalue weighted by Crippen LogP contribution is 2.30. The highest BCUT2D eigenvalue weighted by Gasteiger charge is 2.26. The molecule has 6 heteroatoms. The van der Waals surface area contributed by atoms with E-state index in [-0.39, 0.29) is 5.41 Å². The van der Waals surface area contributed by atoms with Crippen LogP contribution in [0.5, 0.6) is 0 Å². The Morgan fingerprint density at radius 3 is 2.70 bits per heavy atom. The quantitative estimate of drug-likeness (QED) is 0.391. The summed E-state index contributed by atoms with van der Waals surface area (Å²) >= 11 is 7.73. The molecule has 0 saturated heterocycles. The Bertz CT molecular complexity index is 624. The Morgan fingerprint density at radius 1 is 1.35 bits per heavy atom. The maximum absolute atomic E-state index is 5.94. The fourth-order valence-electron chi connectivity index (χ4n) is 1.94. The third kappa shape index (κ3) is 5.59. The number of imidazole rings is 1. The largest absolute Gasteiger partial charge is 0.396 e.